The van der Waals surface area contributed by atoms with Crippen molar-refractivity contribution >= 4 is 5.91 Å². The monoisotopic (exact) mass is 339 g/mol. The summed E-state index contributed by atoms with van der Waals surface area (Å²) < 4.78 is 6.81. The van der Waals surface area contributed by atoms with Crippen LogP contribution >= 0.6 is 0 Å². The van der Waals surface area contributed by atoms with Gasteiger partial charge in [0.2, 0.25) is 0 Å². The van der Waals surface area contributed by atoms with Crippen LogP contribution in [0.2, 0.25) is 0 Å². The molecule has 0 spiro atoms. The van der Waals surface area contributed by atoms with E-state index in [0.717, 1.165) is 24.2 Å². The van der Waals surface area contributed by atoms with Gasteiger partial charge in [0.05, 0.1) is 17.7 Å². The molecule has 2 aromatic rings. The van der Waals surface area contributed by atoms with Crippen LogP contribution in [0.4, 0.5) is 0 Å². The molecule has 7 heteroatoms. The van der Waals surface area contributed by atoms with Gasteiger partial charge in [-0.25, -0.2) is 4.98 Å². The fourth-order valence-electron chi connectivity index (χ4n) is 3.14. The van der Waals surface area contributed by atoms with Crippen molar-refractivity contribution in [2.24, 2.45) is 13.0 Å². The number of aromatic nitrogens is 3. The van der Waals surface area contributed by atoms with Gasteiger partial charge < -0.3 is 19.3 Å². The van der Waals surface area contributed by atoms with Gasteiger partial charge in [-0.1, -0.05) is 11.1 Å². The summed E-state index contributed by atoms with van der Waals surface area (Å²) in [6.45, 7) is 1.85. The third kappa shape index (κ3) is 3.74. The molecule has 2 fully saturated rings. The predicted octanol–water partition coefficient (Wildman–Crippen LogP) is 0.906. The molecule has 1 amide bonds. The smallest absolute Gasteiger partial charge is 0.298 e. The van der Waals surface area contributed by atoms with Gasteiger partial charge >= 0.3 is 0 Å². The van der Waals surface area contributed by atoms with Crippen molar-refractivity contribution < 1.29 is 9.32 Å². The number of hydrogen-bond donors (Lipinski definition) is 1. The first kappa shape index (κ1) is 15.9. The standard InChI is InChI=1S/C18H21N5O2/c1-22-10-16(20-12-22)15-9-23(18(24)5-4-13-2-3-13)11-17(15)19-8-14-6-7-25-21-14/h6-7,10,12-13,15,17,19H,2-3,8-9,11H2,1H3/t15-,17+/m0/s1. The maximum atomic E-state index is 12.4. The average Bonchev–Trinajstić information content (AvgIpc) is 3.01. The van der Waals surface area contributed by atoms with E-state index in [2.05, 4.69) is 27.3 Å². The Hall–Kier alpha value is -2.59. The van der Waals surface area contributed by atoms with Crippen LogP contribution in [0.15, 0.2) is 29.4 Å². The quantitative estimate of drug-likeness (QED) is 0.838. The number of likely N-dealkylation sites (tertiary alicyclic amines) is 1. The fraction of sp³-hybridized carbons (Fsp3) is 0.500. The van der Waals surface area contributed by atoms with Crippen LogP contribution in [0.5, 0.6) is 0 Å². The van der Waals surface area contributed by atoms with E-state index >= 15 is 0 Å². The second-order valence-electron chi connectivity index (χ2n) is 6.80. The molecule has 130 valence electrons. The Kier molecular flexibility index (Phi) is 4.28. The van der Waals surface area contributed by atoms with E-state index in [-0.39, 0.29) is 17.9 Å². The van der Waals surface area contributed by atoms with Crippen LogP contribution in [0, 0.1) is 17.8 Å². The molecule has 1 N–H and O–H groups in total. The van der Waals surface area contributed by atoms with E-state index < -0.39 is 0 Å². The van der Waals surface area contributed by atoms with Gasteiger partial charge in [-0.05, 0) is 18.8 Å². The van der Waals surface area contributed by atoms with Crippen LogP contribution in [-0.2, 0) is 18.4 Å². The minimum Gasteiger partial charge on any atom is -0.364 e. The molecule has 0 bridgehead atoms. The third-order valence-corrected chi connectivity index (χ3v) is 4.71. The van der Waals surface area contributed by atoms with E-state index in [0.29, 0.717) is 25.6 Å². The zero-order valence-corrected chi connectivity index (χ0v) is 14.2. The first-order valence-electron chi connectivity index (χ1n) is 8.60. The summed E-state index contributed by atoms with van der Waals surface area (Å²) in [5.74, 6) is 6.35. The Balaban J connectivity index is 1.47. The van der Waals surface area contributed by atoms with Gasteiger partial charge in [-0.15, -0.1) is 0 Å². The second-order valence-corrected chi connectivity index (χ2v) is 6.80. The molecule has 7 nitrogen and oxygen atoms in total. The van der Waals surface area contributed by atoms with E-state index in [4.69, 9.17) is 4.52 Å². The van der Waals surface area contributed by atoms with Crippen molar-refractivity contribution in [3.8, 4) is 11.8 Å². The molecule has 0 unspecified atom stereocenters. The highest BCUT2D eigenvalue weighted by Gasteiger charge is 2.37. The van der Waals surface area contributed by atoms with Crippen molar-refractivity contribution in [1.82, 2.24) is 24.9 Å². The molecule has 25 heavy (non-hydrogen) atoms. The Morgan fingerprint density at radius 3 is 3.00 bits per heavy atom. The van der Waals surface area contributed by atoms with Gasteiger partial charge in [0.25, 0.3) is 5.91 Å². The predicted molar refractivity (Wildman–Crippen MR) is 90.2 cm³/mol. The van der Waals surface area contributed by atoms with Gasteiger partial charge in [-0.2, -0.15) is 0 Å². The minimum atomic E-state index is -0.0847. The maximum Gasteiger partial charge on any atom is 0.298 e. The van der Waals surface area contributed by atoms with Crippen LogP contribution < -0.4 is 5.32 Å². The topological polar surface area (TPSA) is 76.2 Å². The summed E-state index contributed by atoms with van der Waals surface area (Å²) in [5.41, 5.74) is 1.84. The van der Waals surface area contributed by atoms with Crippen LogP contribution in [0.25, 0.3) is 0 Å². The first-order chi connectivity index (χ1) is 12.2. The molecule has 2 atom stereocenters. The molecule has 1 aliphatic heterocycles. The number of hydrogen-bond acceptors (Lipinski definition) is 5. The van der Waals surface area contributed by atoms with Crippen LogP contribution in [0.1, 0.15) is 30.1 Å². The summed E-state index contributed by atoms with van der Waals surface area (Å²) in [7, 11) is 1.95. The van der Waals surface area contributed by atoms with Gasteiger partial charge in [0.15, 0.2) is 0 Å². The first-order valence-corrected chi connectivity index (χ1v) is 8.60. The minimum absolute atomic E-state index is 0.0847. The number of nitrogens with zero attached hydrogens (tertiary/aromatic N) is 4. The summed E-state index contributed by atoms with van der Waals surface area (Å²) in [5, 5.41) is 7.42. The van der Waals surface area contributed by atoms with Crippen molar-refractivity contribution in [1.29, 1.82) is 0 Å². The maximum absolute atomic E-state index is 12.4. The Labute approximate surface area is 146 Å². The molecule has 1 saturated heterocycles. The lowest BCUT2D eigenvalue weighted by molar-refractivity contribution is -0.124. The van der Waals surface area contributed by atoms with Crippen molar-refractivity contribution in [3.05, 3.63) is 36.2 Å². The summed E-state index contributed by atoms with van der Waals surface area (Å²) in [6.07, 6.45) is 7.61. The lowest BCUT2D eigenvalue weighted by Gasteiger charge is -2.17. The Bertz CT molecular complexity index is 797. The molecule has 3 heterocycles. The fourth-order valence-corrected chi connectivity index (χ4v) is 3.14. The second kappa shape index (κ2) is 6.73. The van der Waals surface area contributed by atoms with Gasteiger partial charge in [-0.3, -0.25) is 4.79 Å². The number of rotatable bonds is 4. The van der Waals surface area contributed by atoms with E-state index in [9.17, 15) is 4.79 Å². The summed E-state index contributed by atoms with van der Waals surface area (Å²) in [6, 6.07) is 1.94. The highest BCUT2D eigenvalue weighted by atomic mass is 16.5. The van der Waals surface area contributed by atoms with Crippen LogP contribution in [-0.4, -0.2) is 44.6 Å². The zero-order valence-electron chi connectivity index (χ0n) is 14.2. The largest absolute Gasteiger partial charge is 0.364 e. The normalized spacial score (nSPS) is 22.7. The Morgan fingerprint density at radius 1 is 1.44 bits per heavy atom. The molecule has 2 aromatic heterocycles. The molecular weight excluding hydrogens is 318 g/mol. The molecule has 1 aliphatic carbocycles. The lowest BCUT2D eigenvalue weighted by atomic mass is 10.0. The number of carbonyl (C=O) groups is 1. The van der Waals surface area contributed by atoms with E-state index in [1.807, 2.05) is 28.8 Å². The molecule has 2 aliphatic rings. The number of nitrogens with one attached hydrogen (secondary N) is 1. The third-order valence-electron chi connectivity index (χ3n) is 4.71. The van der Waals surface area contributed by atoms with Crippen LogP contribution in [0.3, 0.4) is 0 Å². The van der Waals surface area contributed by atoms with Crippen molar-refractivity contribution in [2.45, 2.75) is 31.3 Å². The molecule has 1 saturated carbocycles. The number of carbonyl (C=O) groups excluding carboxylic acids is 1. The average molecular weight is 339 g/mol. The highest BCUT2D eigenvalue weighted by molar-refractivity contribution is 5.94. The summed E-state index contributed by atoms with van der Waals surface area (Å²) >= 11 is 0. The van der Waals surface area contributed by atoms with Gasteiger partial charge in [0, 0.05) is 56.8 Å². The van der Waals surface area contributed by atoms with Gasteiger partial charge in [0.1, 0.15) is 6.26 Å². The number of imidazole rings is 1. The van der Waals surface area contributed by atoms with E-state index in [1.165, 1.54) is 0 Å². The molecule has 0 radical (unpaired) electrons. The highest BCUT2D eigenvalue weighted by Crippen LogP contribution is 2.28. The summed E-state index contributed by atoms with van der Waals surface area (Å²) in [4.78, 5) is 18.7. The van der Waals surface area contributed by atoms with E-state index in [1.54, 1.807) is 12.6 Å². The zero-order chi connectivity index (χ0) is 17.2. The number of amides is 1. The van der Waals surface area contributed by atoms with Crippen molar-refractivity contribution in [2.75, 3.05) is 13.1 Å². The molecular formula is C18H21N5O2. The molecule has 4 rings (SSSR count). The van der Waals surface area contributed by atoms with Crippen molar-refractivity contribution in [3.63, 3.8) is 0 Å². The lowest BCUT2D eigenvalue weighted by Crippen LogP contribution is -2.36. The number of aryl methyl sites for hydroxylation is 1. The Morgan fingerprint density at radius 2 is 2.32 bits per heavy atom. The molecule has 0 aromatic carbocycles. The SMILES string of the molecule is Cn1cnc([C@@H]2CN(C(=O)C#CC3CC3)C[C@H]2NCc2ccon2)c1.